The standard InChI is InChI=1S/C21H19BrN6O4/c1-12(29)28-17(13-5-3-2-4-6-13)10-18(27-28)24-21-26-25-19(32-21)11-23-16-8-7-14(22)9-15(16)20(30)31/h2-9,17,23H,10-11H2,1H3,(H,30,31)(H,24,26,27). The number of halogens is 1. The number of benzene rings is 2. The van der Waals surface area contributed by atoms with E-state index in [-0.39, 0.29) is 36.0 Å². The average Bonchev–Trinajstić information content (AvgIpc) is 3.41. The van der Waals surface area contributed by atoms with Gasteiger partial charge in [0.15, 0.2) is 0 Å². The molecule has 2 aromatic carbocycles. The van der Waals surface area contributed by atoms with Gasteiger partial charge < -0.3 is 14.8 Å². The van der Waals surface area contributed by atoms with Gasteiger partial charge in [0.1, 0.15) is 5.84 Å². The molecular weight excluding hydrogens is 480 g/mol. The summed E-state index contributed by atoms with van der Waals surface area (Å²) in [6.07, 6.45) is 0.473. The van der Waals surface area contributed by atoms with Gasteiger partial charge in [-0.3, -0.25) is 10.2 Å². The predicted molar refractivity (Wildman–Crippen MR) is 119 cm³/mol. The van der Waals surface area contributed by atoms with Crippen LogP contribution in [0.25, 0.3) is 0 Å². The number of carbonyl (C=O) groups is 2. The van der Waals surface area contributed by atoms with E-state index in [0.29, 0.717) is 22.4 Å². The highest BCUT2D eigenvalue weighted by Crippen LogP contribution is 2.29. The first-order valence-electron chi connectivity index (χ1n) is 9.69. The lowest BCUT2D eigenvalue weighted by atomic mass is 10.0. The molecule has 11 heteroatoms. The number of nitrogens with one attached hydrogen (secondary N) is 2. The summed E-state index contributed by atoms with van der Waals surface area (Å²) in [6, 6.07) is 14.4. The molecule has 0 bridgehead atoms. The number of rotatable bonds is 6. The van der Waals surface area contributed by atoms with Crippen LogP contribution >= 0.6 is 15.9 Å². The maximum Gasteiger partial charge on any atom is 0.344 e. The van der Waals surface area contributed by atoms with E-state index in [0.717, 1.165) is 5.56 Å². The number of carbonyl (C=O) groups excluding carboxylic acids is 1. The molecule has 0 aliphatic carbocycles. The Morgan fingerprint density at radius 2 is 2.06 bits per heavy atom. The number of hydrazine groups is 1. The molecule has 1 amide bonds. The summed E-state index contributed by atoms with van der Waals surface area (Å²) in [4.78, 5) is 27.8. The van der Waals surface area contributed by atoms with Crippen molar-refractivity contribution in [3.63, 3.8) is 0 Å². The number of carboxylic acids is 1. The second-order valence-electron chi connectivity index (χ2n) is 7.02. The lowest BCUT2D eigenvalue weighted by molar-refractivity contribution is -0.132. The minimum Gasteiger partial charge on any atom is -0.478 e. The molecule has 0 spiro atoms. The Morgan fingerprint density at radius 3 is 2.78 bits per heavy atom. The van der Waals surface area contributed by atoms with Crippen molar-refractivity contribution in [2.75, 3.05) is 5.32 Å². The van der Waals surface area contributed by atoms with E-state index in [2.05, 4.69) is 41.9 Å². The van der Waals surface area contributed by atoms with Gasteiger partial charge in [0.25, 0.3) is 0 Å². The van der Waals surface area contributed by atoms with Gasteiger partial charge in [0, 0.05) is 23.5 Å². The highest BCUT2D eigenvalue weighted by molar-refractivity contribution is 9.10. The van der Waals surface area contributed by atoms with Gasteiger partial charge in [0.05, 0.1) is 18.2 Å². The molecule has 3 aromatic rings. The van der Waals surface area contributed by atoms with Crippen molar-refractivity contribution in [1.29, 1.82) is 0 Å². The largest absolute Gasteiger partial charge is 0.478 e. The summed E-state index contributed by atoms with van der Waals surface area (Å²) in [5, 5.41) is 21.7. The van der Waals surface area contributed by atoms with Crippen LogP contribution in [0.5, 0.6) is 0 Å². The zero-order chi connectivity index (χ0) is 22.7. The highest BCUT2D eigenvalue weighted by Gasteiger charge is 2.32. The van der Waals surface area contributed by atoms with Crippen molar-refractivity contribution < 1.29 is 19.1 Å². The molecule has 1 aliphatic heterocycles. The van der Waals surface area contributed by atoms with E-state index in [9.17, 15) is 14.7 Å². The Kier molecular flexibility index (Phi) is 6.17. The number of hydrogen-bond acceptors (Lipinski definition) is 7. The molecule has 1 fully saturated rings. The maximum atomic E-state index is 12.1. The molecule has 1 unspecified atom stereocenters. The number of amides is 1. The summed E-state index contributed by atoms with van der Waals surface area (Å²) in [5.74, 6) is -0.423. The third-order valence-corrected chi connectivity index (χ3v) is 5.29. The molecule has 1 atom stereocenters. The molecular formula is C21H19BrN6O4. The third-order valence-electron chi connectivity index (χ3n) is 4.80. The molecule has 0 saturated carbocycles. The number of anilines is 1. The number of aromatic carboxylic acids is 1. The smallest absolute Gasteiger partial charge is 0.344 e. The van der Waals surface area contributed by atoms with Crippen molar-refractivity contribution in [3.8, 4) is 0 Å². The second-order valence-corrected chi connectivity index (χ2v) is 7.93. The quantitative estimate of drug-likeness (QED) is 0.468. The van der Waals surface area contributed by atoms with Gasteiger partial charge in [-0.05, 0) is 23.8 Å². The molecule has 2 heterocycles. The van der Waals surface area contributed by atoms with Crippen LogP contribution in [0.2, 0.25) is 0 Å². The Hall–Kier alpha value is -3.73. The normalized spacial score (nSPS) is 16.8. The Labute approximate surface area is 191 Å². The van der Waals surface area contributed by atoms with E-state index in [1.807, 2.05) is 30.3 Å². The number of aromatic nitrogens is 2. The van der Waals surface area contributed by atoms with Gasteiger partial charge >= 0.3 is 12.0 Å². The maximum absolute atomic E-state index is 12.1. The fourth-order valence-electron chi connectivity index (χ4n) is 3.34. The highest BCUT2D eigenvalue weighted by atomic mass is 79.9. The monoisotopic (exact) mass is 498 g/mol. The summed E-state index contributed by atoms with van der Waals surface area (Å²) in [7, 11) is 0. The summed E-state index contributed by atoms with van der Waals surface area (Å²) in [5.41, 5.74) is 4.53. The number of carboxylic acid groups (broad SMARTS) is 1. The Bertz CT molecular complexity index is 1180. The van der Waals surface area contributed by atoms with Crippen molar-refractivity contribution in [2.24, 2.45) is 4.99 Å². The van der Waals surface area contributed by atoms with Gasteiger partial charge in [-0.25, -0.2) is 9.80 Å². The van der Waals surface area contributed by atoms with E-state index in [1.54, 1.807) is 12.1 Å². The molecule has 1 saturated heterocycles. The SMILES string of the molecule is CC(=O)N1N/C(=N\c2nnc(CNc3ccc(Br)cc3C(=O)O)o2)CC1c1ccccc1. The zero-order valence-electron chi connectivity index (χ0n) is 16.9. The number of amidine groups is 1. The molecule has 0 radical (unpaired) electrons. The molecule has 4 rings (SSSR count). The average molecular weight is 499 g/mol. The second kappa shape index (κ2) is 9.18. The van der Waals surface area contributed by atoms with Crippen LogP contribution in [0, 0.1) is 0 Å². The Balaban J connectivity index is 1.46. The fourth-order valence-corrected chi connectivity index (χ4v) is 3.70. The van der Waals surface area contributed by atoms with Crippen molar-refractivity contribution >= 4 is 45.3 Å². The lowest BCUT2D eigenvalue weighted by Crippen LogP contribution is -2.38. The van der Waals surface area contributed by atoms with Gasteiger partial charge in [-0.15, -0.1) is 5.10 Å². The minimum atomic E-state index is -1.05. The number of nitrogens with zero attached hydrogens (tertiary/aromatic N) is 4. The fraction of sp³-hybridized carbons (Fsp3) is 0.190. The van der Waals surface area contributed by atoms with Crippen molar-refractivity contribution in [3.05, 3.63) is 70.0 Å². The Morgan fingerprint density at radius 1 is 1.28 bits per heavy atom. The van der Waals surface area contributed by atoms with Crippen LogP contribution in [-0.2, 0) is 11.3 Å². The van der Waals surface area contributed by atoms with E-state index >= 15 is 0 Å². The molecule has 32 heavy (non-hydrogen) atoms. The summed E-state index contributed by atoms with van der Waals surface area (Å²) >= 11 is 3.26. The first kappa shape index (κ1) is 21.5. The van der Waals surface area contributed by atoms with E-state index in [1.165, 1.54) is 18.0 Å². The van der Waals surface area contributed by atoms with Crippen LogP contribution < -0.4 is 10.7 Å². The number of aliphatic imine (C=N–C) groups is 1. The third kappa shape index (κ3) is 4.78. The number of hydrogen-bond donors (Lipinski definition) is 3. The minimum absolute atomic E-state index is 0.0378. The summed E-state index contributed by atoms with van der Waals surface area (Å²) in [6.45, 7) is 1.61. The predicted octanol–water partition coefficient (Wildman–Crippen LogP) is 3.67. The van der Waals surface area contributed by atoms with Crippen LogP contribution in [0.15, 0.2) is 62.4 Å². The van der Waals surface area contributed by atoms with Gasteiger partial charge in [-0.2, -0.15) is 4.99 Å². The van der Waals surface area contributed by atoms with E-state index < -0.39 is 5.97 Å². The molecule has 3 N–H and O–H groups in total. The lowest BCUT2D eigenvalue weighted by Gasteiger charge is -2.22. The van der Waals surface area contributed by atoms with Crippen LogP contribution in [0.4, 0.5) is 11.7 Å². The summed E-state index contributed by atoms with van der Waals surface area (Å²) < 4.78 is 6.22. The van der Waals surface area contributed by atoms with Crippen LogP contribution in [0.1, 0.15) is 41.2 Å². The molecule has 164 valence electrons. The molecule has 10 nitrogen and oxygen atoms in total. The van der Waals surface area contributed by atoms with E-state index in [4.69, 9.17) is 4.42 Å². The zero-order valence-corrected chi connectivity index (χ0v) is 18.5. The van der Waals surface area contributed by atoms with Crippen LogP contribution in [0.3, 0.4) is 0 Å². The first-order valence-corrected chi connectivity index (χ1v) is 10.5. The van der Waals surface area contributed by atoms with Crippen molar-refractivity contribution in [2.45, 2.75) is 25.9 Å². The topological polar surface area (TPSA) is 133 Å². The molecule has 1 aliphatic rings. The van der Waals surface area contributed by atoms with Crippen molar-refractivity contribution in [1.82, 2.24) is 20.6 Å². The first-order chi connectivity index (χ1) is 15.4. The van der Waals surface area contributed by atoms with Crippen LogP contribution in [-0.4, -0.2) is 38.0 Å². The van der Waals surface area contributed by atoms with Gasteiger partial charge in [-0.1, -0.05) is 51.4 Å². The van der Waals surface area contributed by atoms with Gasteiger partial charge in [0.2, 0.25) is 11.8 Å². The molecule has 1 aromatic heterocycles.